The Bertz CT molecular complexity index is 1500. The Morgan fingerprint density at radius 3 is 2.35 bits per heavy atom. The van der Waals surface area contributed by atoms with Crippen molar-refractivity contribution in [3.63, 3.8) is 0 Å². The molecular weight excluding hydrogens is 452 g/mol. The van der Waals surface area contributed by atoms with E-state index in [1.165, 1.54) is 12.1 Å². The molecule has 4 aromatic rings. The van der Waals surface area contributed by atoms with Gasteiger partial charge in [0.1, 0.15) is 0 Å². The van der Waals surface area contributed by atoms with Crippen LogP contribution in [0.1, 0.15) is 41.3 Å². The van der Waals surface area contributed by atoms with E-state index in [1.54, 1.807) is 43.3 Å². The number of carbonyl (C=O) groups is 1. The Hall–Kier alpha value is -3.85. The SMILES string of the molecule is CCCCc1ccc(NS(=O)(=O)c2ccc(C)c(C(=O)Nc3ccc4[nH]c(=O)[nH]c4c3)c2)cc1. The first kappa shape index (κ1) is 23.3. The lowest BCUT2D eigenvalue weighted by Crippen LogP contribution is -2.17. The number of rotatable bonds is 8. The van der Waals surface area contributed by atoms with Crippen molar-refractivity contribution in [1.82, 2.24) is 9.97 Å². The average molecular weight is 479 g/mol. The molecule has 9 heteroatoms. The van der Waals surface area contributed by atoms with Crippen LogP contribution in [0.3, 0.4) is 0 Å². The number of H-pyrrole nitrogens is 2. The van der Waals surface area contributed by atoms with E-state index in [2.05, 4.69) is 26.9 Å². The zero-order valence-electron chi connectivity index (χ0n) is 18.9. The molecule has 0 aliphatic carbocycles. The first-order chi connectivity index (χ1) is 16.2. The van der Waals surface area contributed by atoms with Crippen LogP contribution in [0.15, 0.2) is 70.4 Å². The molecule has 0 radical (unpaired) electrons. The van der Waals surface area contributed by atoms with Gasteiger partial charge in [0.05, 0.1) is 15.9 Å². The smallest absolute Gasteiger partial charge is 0.322 e. The van der Waals surface area contributed by atoms with Crippen molar-refractivity contribution in [2.24, 2.45) is 0 Å². The van der Waals surface area contributed by atoms with E-state index in [9.17, 15) is 18.0 Å². The van der Waals surface area contributed by atoms with Gasteiger partial charge in [0.25, 0.3) is 15.9 Å². The highest BCUT2D eigenvalue weighted by Crippen LogP contribution is 2.22. The number of hydrogen-bond donors (Lipinski definition) is 4. The molecule has 0 spiro atoms. The molecule has 0 aliphatic rings. The van der Waals surface area contributed by atoms with Crippen molar-refractivity contribution < 1.29 is 13.2 Å². The number of unbranched alkanes of at least 4 members (excludes halogenated alkanes) is 1. The third-order valence-electron chi connectivity index (χ3n) is 5.56. The Kier molecular flexibility index (Phi) is 6.56. The largest absolute Gasteiger partial charge is 0.323 e. The molecule has 8 nitrogen and oxygen atoms in total. The molecule has 0 atom stereocenters. The van der Waals surface area contributed by atoms with Crippen LogP contribution in [-0.2, 0) is 16.4 Å². The molecule has 0 fully saturated rings. The Balaban J connectivity index is 1.53. The number of sulfonamides is 1. The quantitative estimate of drug-likeness (QED) is 0.296. The van der Waals surface area contributed by atoms with E-state index in [0.29, 0.717) is 28.0 Å². The highest BCUT2D eigenvalue weighted by molar-refractivity contribution is 7.92. The van der Waals surface area contributed by atoms with E-state index in [4.69, 9.17) is 0 Å². The van der Waals surface area contributed by atoms with Gasteiger partial charge in [0, 0.05) is 16.9 Å². The maximum Gasteiger partial charge on any atom is 0.323 e. The van der Waals surface area contributed by atoms with E-state index in [1.807, 2.05) is 12.1 Å². The van der Waals surface area contributed by atoms with E-state index in [-0.39, 0.29) is 16.1 Å². The minimum absolute atomic E-state index is 0.0104. The molecule has 4 rings (SSSR count). The molecule has 1 amide bonds. The van der Waals surface area contributed by atoms with Crippen molar-refractivity contribution in [2.45, 2.75) is 38.0 Å². The van der Waals surface area contributed by atoms with Crippen molar-refractivity contribution in [1.29, 1.82) is 0 Å². The first-order valence-electron chi connectivity index (χ1n) is 11.0. The molecule has 3 aromatic carbocycles. The number of anilines is 2. The highest BCUT2D eigenvalue weighted by Gasteiger charge is 2.19. The third kappa shape index (κ3) is 5.20. The Labute approximate surface area is 197 Å². The van der Waals surface area contributed by atoms with Gasteiger partial charge in [0.15, 0.2) is 0 Å². The molecule has 4 N–H and O–H groups in total. The number of carbonyl (C=O) groups excluding carboxylic acids is 1. The van der Waals surface area contributed by atoms with Gasteiger partial charge < -0.3 is 15.3 Å². The minimum Gasteiger partial charge on any atom is -0.322 e. The fourth-order valence-electron chi connectivity index (χ4n) is 3.66. The minimum atomic E-state index is -3.89. The van der Waals surface area contributed by atoms with Crippen LogP contribution in [-0.4, -0.2) is 24.3 Å². The predicted molar refractivity (Wildman–Crippen MR) is 134 cm³/mol. The summed E-state index contributed by atoms with van der Waals surface area (Å²) in [6, 6.07) is 16.7. The lowest BCUT2D eigenvalue weighted by Gasteiger charge is -2.12. The lowest BCUT2D eigenvalue weighted by molar-refractivity contribution is 0.102. The molecule has 1 aromatic heterocycles. The van der Waals surface area contributed by atoms with Crippen molar-refractivity contribution in [3.05, 3.63) is 87.8 Å². The molecular formula is C25H26N4O4S. The molecule has 0 unspecified atom stereocenters. The number of fused-ring (bicyclic) bond motifs is 1. The molecule has 1 heterocycles. The summed E-state index contributed by atoms with van der Waals surface area (Å²) in [5, 5.41) is 2.76. The molecule has 34 heavy (non-hydrogen) atoms. The van der Waals surface area contributed by atoms with Crippen LogP contribution in [0.4, 0.5) is 11.4 Å². The first-order valence-corrected chi connectivity index (χ1v) is 12.5. The number of benzene rings is 3. The van der Waals surface area contributed by atoms with Crippen molar-refractivity contribution in [3.8, 4) is 0 Å². The number of aromatic amines is 2. The fourth-order valence-corrected chi connectivity index (χ4v) is 4.74. The molecule has 0 saturated heterocycles. The summed E-state index contributed by atoms with van der Waals surface area (Å²) >= 11 is 0. The van der Waals surface area contributed by atoms with Crippen LogP contribution in [0.25, 0.3) is 11.0 Å². The van der Waals surface area contributed by atoms with Gasteiger partial charge in [-0.2, -0.15) is 0 Å². The van der Waals surface area contributed by atoms with Gasteiger partial charge in [-0.15, -0.1) is 0 Å². The highest BCUT2D eigenvalue weighted by atomic mass is 32.2. The van der Waals surface area contributed by atoms with Gasteiger partial charge in [-0.05, 0) is 73.4 Å². The maximum atomic E-state index is 13.0. The summed E-state index contributed by atoms with van der Waals surface area (Å²) in [4.78, 5) is 29.6. The van der Waals surface area contributed by atoms with Gasteiger partial charge in [-0.1, -0.05) is 31.5 Å². The number of hydrogen-bond acceptors (Lipinski definition) is 4. The average Bonchev–Trinajstić information content (AvgIpc) is 3.17. The second-order valence-electron chi connectivity index (χ2n) is 8.18. The summed E-state index contributed by atoms with van der Waals surface area (Å²) in [5.41, 5.74) is 3.80. The topological polar surface area (TPSA) is 124 Å². The lowest BCUT2D eigenvalue weighted by atomic mass is 10.1. The summed E-state index contributed by atoms with van der Waals surface area (Å²) < 4.78 is 28.5. The van der Waals surface area contributed by atoms with Crippen molar-refractivity contribution >= 4 is 38.3 Å². The zero-order valence-corrected chi connectivity index (χ0v) is 19.8. The monoisotopic (exact) mass is 478 g/mol. The van der Waals surface area contributed by atoms with Crippen molar-refractivity contribution in [2.75, 3.05) is 10.0 Å². The van der Waals surface area contributed by atoms with Crippen LogP contribution in [0, 0.1) is 6.92 Å². The molecule has 0 bridgehead atoms. The number of nitrogens with one attached hydrogen (secondary N) is 4. The van der Waals surface area contributed by atoms with Gasteiger partial charge >= 0.3 is 5.69 Å². The zero-order chi connectivity index (χ0) is 24.3. The summed E-state index contributed by atoms with van der Waals surface area (Å²) in [5.74, 6) is -0.452. The fraction of sp³-hybridized carbons (Fsp3) is 0.200. The van der Waals surface area contributed by atoms with Crippen LogP contribution in [0.2, 0.25) is 0 Å². The van der Waals surface area contributed by atoms with E-state index >= 15 is 0 Å². The second-order valence-corrected chi connectivity index (χ2v) is 9.86. The van der Waals surface area contributed by atoms with Gasteiger partial charge in [-0.3, -0.25) is 9.52 Å². The summed E-state index contributed by atoms with van der Waals surface area (Å²) in [6.07, 6.45) is 3.13. The predicted octanol–water partition coefficient (Wildman–Crippen LogP) is 4.56. The number of aromatic nitrogens is 2. The number of aryl methyl sites for hydroxylation is 2. The van der Waals surface area contributed by atoms with Crippen LogP contribution in [0.5, 0.6) is 0 Å². The van der Waals surface area contributed by atoms with Gasteiger partial charge in [-0.25, -0.2) is 13.2 Å². The molecule has 0 saturated carbocycles. The number of amides is 1. The summed E-state index contributed by atoms with van der Waals surface area (Å²) in [7, 11) is -3.89. The van der Waals surface area contributed by atoms with E-state index in [0.717, 1.165) is 24.8 Å². The van der Waals surface area contributed by atoms with Crippen LogP contribution >= 0.6 is 0 Å². The molecule has 0 aliphatic heterocycles. The number of imidazole rings is 1. The third-order valence-corrected chi connectivity index (χ3v) is 6.94. The Morgan fingerprint density at radius 1 is 0.912 bits per heavy atom. The maximum absolute atomic E-state index is 13.0. The normalized spacial score (nSPS) is 11.5. The standard InChI is InChI=1S/C25H26N4O4S/c1-3-4-5-17-7-9-18(10-8-17)29-34(32,33)20-12-6-16(2)21(15-20)24(30)26-19-11-13-22-23(14-19)28-25(31)27-22/h6-15,29H,3-5H2,1-2H3,(H,26,30)(H2,27,28,31). The van der Waals surface area contributed by atoms with E-state index < -0.39 is 15.9 Å². The second kappa shape index (κ2) is 9.56. The molecule has 176 valence electrons. The Morgan fingerprint density at radius 2 is 1.62 bits per heavy atom. The van der Waals surface area contributed by atoms with Gasteiger partial charge in [0.2, 0.25) is 0 Å². The summed E-state index contributed by atoms with van der Waals surface area (Å²) in [6.45, 7) is 3.86. The van der Waals surface area contributed by atoms with Crippen LogP contribution < -0.4 is 15.7 Å².